The second-order valence-corrected chi connectivity index (χ2v) is 5.61. The van der Waals surface area contributed by atoms with Gasteiger partial charge in [-0.3, -0.25) is 0 Å². The summed E-state index contributed by atoms with van der Waals surface area (Å²) in [5.41, 5.74) is 2.48. The van der Waals surface area contributed by atoms with Gasteiger partial charge in [0.15, 0.2) is 5.82 Å². The molecule has 3 N–H and O–H groups in total. The molecule has 0 spiro atoms. The van der Waals surface area contributed by atoms with Gasteiger partial charge < -0.3 is 10.3 Å². The first-order valence-corrected chi connectivity index (χ1v) is 6.91. The number of hydrazine groups is 1. The number of pyridine rings is 1. The fourth-order valence-electron chi connectivity index (χ4n) is 2.49. The number of anilines is 2. The lowest BCUT2D eigenvalue weighted by atomic mass is 10.1. The number of hydrogen-bond acceptors (Lipinski definition) is 4. The van der Waals surface area contributed by atoms with Gasteiger partial charge in [0.05, 0.1) is 10.0 Å². The normalized spacial score (nSPS) is 16.0. The molecule has 0 saturated heterocycles. The molecular formula is C12H18Cl2N4. The van der Waals surface area contributed by atoms with Crippen molar-refractivity contribution < 1.29 is 0 Å². The van der Waals surface area contributed by atoms with Crippen molar-refractivity contribution in [3.05, 3.63) is 16.1 Å². The molecule has 1 aromatic rings. The third-order valence-corrected chi connectivity index (χ3v) is 3.98. The highest BCUT2D eigenvalue weighted by molar-refractivity contribution is 6.37. The van der Waals surface area contributed by atoms with Crippen molar-refractivity contribution in [3.8, 4) is 0 Å². The van der Waals surface area contributed by atoms with Crippen LogP contribution in [0.25, 0.3) is 0 Å². The van der Waals surface area contributed by atoms with Crippen molar-refractivity contribution in [1.82, 2.24) is 4.98 Å². The second-order valence-electron chi connectivity index (χ2n) is 4.80. The minimum atomic E-state index is 0.431. The molecule has 0 aliphatic heterocycles. The smallest absolute Gasteiger partial charge is 0.161 e. The molecule has 1 saturated carbocycles. The van der Waals surface area contributed by atoms with Gasteiger partial charge in [0.2, 0.25) is 0 Å². The molecule has 0 atom stereocenters. The van der Waals surface area contributed by atoms with Crippen molar-refractivity contribution in [2.24, 2.45) is 11.8 Å². The van der Waals surface area contributed by atoms with E-state index in [2.05, 4.69) is 15.3 Å². The zero-order chi connectivity index (χ0) is 13.1. The molecule has 1 heterocycles. The number of halogens is 2. The van der Waals surface area contributed by atoms with Gasteiger partial charge in [0, 0.05) is 13.6 Å². The minimum absolute atomic E-state index is 0.431. The molecule has 18 heavy (non-hydrogen) atoms. The average molecular weight is 289 g/mol. The van der Waals surface area contributed by atoms with Crippen LogP contribution in [-0.2, 0) is 0 Å². The van der Waals surface area contributed by atoms with Crippen LogP contribution in [-0.4, -0.2) is 18.6 Å². The first kappa shape index (κ1) is 13.7. The van der Waals surface area contributed by atoms with Crippen LogP contribution in [0, 0.1) is 5.92 Å². The van der Waals surface area contributed by atoms with E-state index in [1.54, 1.807) is 6.07 Å². The lowest BCUT2D eigenvalue weighted by Gasteiger charge is -2.23. The Labute approximate surface area is 117 Å². The standard InChI is InChI=1S/C12H18Cl2N4/c1-18(7-8-4-2-3-5-8)12-10(14)6-9(13)11(16-12)17-15/h6,8H,2-5,7,15H2,1H3,(H,16,17). The van der Waals surface area contributed by atoms with Crippen molar-refractivity contribution >= 4 is 34.8 Å². The predicted molar refractivity (Wildman–Crippen MR) is 77.3 cm³/mol. The van der Waals surface area contributed by atoms with Crippen LogP contribution in [0.2, 0.25) is 10.0 Å². The maximum atomic E-state index is 6.18. The quantitative estimate of drug-likeness (QED) is 0.659. The van der Waals surface area contributed by atoms with Gasteiger partial charge in [-0.15, -0.1) is 0 Å². The van der Waals surface area contributed by atoms with Crippen molar-refractivity contribution in [1.29, 1.82) is 0 Å². The SMILES string of the molecule is CN(CC1CCCC1)c1nc(NN)c(Cl)cc1Cl. The summed E-state index contributed by atoms with van der Waals surface area (Å²) >= 11 is 12.2. The van der Waals surface area contributed by atoms with Crippen molar-refractivity contribution in [3.63, 3.8) is 0 Å². The number of hydrogen-bond donors (Lipinski definition) is 2. The zero-order valence-corrected chi connectivity index (χ0v) is 11.9. The number of rotatable bonds is 4. The number of nitrogens with one attached hydrogen (secondary N) is 1. The maximum Gasteiger partial charge on any atom is 0.161 e. The van der Waals surface area contributed by atoms with E-state index in [4.69, 9.17) is 29.0 Å². The van der Waals surface area contributed by atoms with Crippen molar-refractivity contribution in [2.45, 2.75) is 25.7 Å². The molecule has 1 aliphatic carbocycles. The second kappa shape index (κ2) is 5.95. The van der Waals surface area contributed by atoms with E-state index in [-0.39, 0.29) is 0 Å². The molecular weight excluding hydrogens is 271 g/mol. The topological polar surface area (TPSA) is 54.2 Å². The number of nitrogens with two attached hydrogens (primary N) is 1. The van der Waals surface area contributed by atoms with Gasteiger partial charge in [-0.05, 0) is 24.8 Å². The Morgan fingerprint density at radius 3 is 2.67 bits per heavy atom. The van der Waals surface area contributed by atoms with E-state index in [0.717, 1.165) is 18.3 Å². The van der Waals surface area contributed by atoms with E-state index in [1.807, 2.05) is 7.05 Å². The zero-order valence-electron chi connectivity index (χ0n) is 10.4. The summed E-state index contributed by atoms with van der Waals surface area (Å²) < 4.78 is 0. The van der Waals surface area contributed by atoms with E-state index in [9.17, 15) is 0 Å². The Balaban J connectivity index is 2.15. The molecule has 0 aromatic carbocycles. The summed E-state index contributed by atoms with van der Waals surface area (Å²) in [6, 6.07) is 1.67. The van der Waals surface area contributed by atoms with Crippen LogP contribution in [0.4, 0.5) is 11.6 Å². The summed E-state index contributed by atoms with van der Waals surface area (Å²) in [4.78, 5) is 6.44. The van der Waals surface area contributed by atoms with Crippen LogP contribution in [0.1, 0.15) is 25.7 Å². The Bertz CT molecular complexity index is 419. The highest BCUT2D eigenvalue weighted by atomic mass is 35.5. The lowest BCUT2D eigenvalue weighted by molar-refractivity contribution is 0.545. The van der Waals surface area contributed by atoms with Crippen LogP contribution >= 0.6 is 23.2 Å². The van der Waals surface area contributed by atoms with Crippen molar-refractivity contribution in [2.75, 3.05) is 23.9 Å². The average Bonchev–Trinajstić information content (AvgIpc) is 2.81. The summed E-state index contributed by atoms with van der Waals surface area (Å²) in [7, 11) is 2.00. The Kier molecular flexibility index (Phi) is 4.54. The molecule has 100 valence electrons. The number of aromatic nitrogens is 1. The largest absolute Gasteiger partial charge is 0.358 e. The Morgan fingerprint density at radius 2 is 2.06 bits per heavy atom. The highest BCUT2D eigenvalue weighted by Crippen LogP contribution is 2.32. The van der Waals surface area contributed by atoms with Crippen LogP contribution in [0.15, 0.2) is 6.07 Å². The lowest BCUT2D eigenvalue weighted by Crippen LogP contribution is -2.25. The van der Waals surface area contributed by atoms with Gasteiger partial charge in [-0.2, -0.15) is 0 Å². The number of nitrogen functional groups attached to an aromatic ring is 1. The maximum absolute atomic E-state index is 6.18. The first-order chi connectivity index (χ1) is 8.61. The molecule has 1 aliphatic rings. The molecule has 1 fully saturated rings. The van der Waals surface area contributed by atoms with Gasteiger partial charge >= 0.3 is 0 Å². The molecule has 0 radical (unpaired) electrons. The molecule has 0 bridgehead atoms. The first-order valence-electron chi connectivity index (χ1n) is 6.15. The third kappa shape index (κ3) is 2.99. The van der Waals surface area contributed by atoms with E-state index in [0.29, 0.717) is 15.9 Å². The monoisotopic (exact) mass is 288 g/mol. The molecule has 0 amide bonds. The Morgan fingerprint density at radius 1 is 1.39 bits per heavy atom. The Hall–Kier alpha value is -0.710. The van der Waals surface area contributed by atoms with Gasteiger partial charge in [0.1, 0.15) is 5.82 Å². The molecule has 2 rings (SSSR count). The summed E-state index contributed by atoms with van der Waals surface area (Å²) in [5, 5.41) is 0.986. The fourth-order valence-corrected chi connectivity index (χ4v) is 3.05. The summed E-state index contributed by atoms with van der Waals surface area (Å²) in [6.07, 6.45) is 5.24. The van der Waals surface area contributed by atoms with Gasteiger partial charge in [0.25, 0.3) is 0 Å². The molecule has 4 nitrogen and oxygen atoms in total. The van der Waals surface area contributed by atoms with Gasteiger partial charge in [-0.1, -0.05) is 36.0 Å². The van der Waals surface area contributed by atoms with E-state index < -0.39 is 0 Å². The van der Waals surface area contributed by atoms with E-state index in [1.165, 1.54) is 25.7 Å². The predicted octanol–water partition coefficient (Wildman–Crippen LogP) is 3.30. The molecule has 1 aromatic heterocycles. The van der Waals surface area contributed by atoms with Crippen LogP contribution in [0.3, 0.4) is 0 Å². The summed E-state index contributed by atoms with van der Waals surface area (Å²) in [6.45, 7) is 0.971. The van der Waals surface area contributed by atoms with Gasteiger partial charge in [-0.25, -0.2) is 10.8 Å². The molecule has 0 unspecified atom stereocenters. The molecule has 6 heteroatoms. The van der Waals surface area contributed by atoms with Crippen LogP contribution < -0.4 is 16.2 Å². The fraction of sp³-hybridized carbons (Fsp3) is 0.583. The van der Waals surface area contributed by atoms with E-state index >= 15 is 0 Å². The minimum Gasteiger partial charge on any atom is -0.358 e. The summed E-state index contributed by atoms with van der Waals surface area (Å²) in [5.74, 6) is 7.29. The number of nitrogens with zero attached hydrogens (tertiary/aromatic N) is 2. The third-order valence-electron chi connectivity index (χ3n) is 3.42. The highest BCUT2D eigenvalue weighted by Gasteiger charge is 2.19. The van der Waals surface area contributed by atoms with Crippen LogP contribution in [0.5, 0.6) is 0 Å².